The van der Waals surface area contributed by atoms with Crippen LogP contribution in [0.2, 0.25) is 0 Å². The average molecular weight is 275 g/mol. The number of allylic oxidation sites excluding steroid dienone is 2. The minimum absolute atomic E-state index is 0.0125. The van der Waals surface area contributed by atoms with E-state index >= 15 is 0 Å². The number of carboxylic acids is 1. The number of hydrogen-bond acceptors (Lipinski definition) is 3. The first-order chi connectivity index (χ1) is 9.60. The first kappa shape index (κ1) is 12.9. The summed E-state index contributed by atoms with van der Waals surface area (Å²) in [5.74, 6) is -1.73. The molecule has 1 aromatic rings. The Balaban J connectivity index is 1.76. The Hall–Kier alpha value is -2.11. The van der Waals surface area contributed by atoms with Crippen molar-refractivity contribution in [3.8, 4) is 0 Å². The summed E-state index contributed by atoms with van der Waals surface area (Å²) in [7, 11) is 0. The molecule has 6 heteroatoms. The number of nitrogens with one attached hydrogen (secondary N) is 1. The molecule has 4 atom stereocenters. The van der Waals surface area contributed by atoms with E-state index in [-0.39, 0.29) is 17.7 Å². The monoisotopic (exact) mass is 275 g/mol. The number of rotatable bonds is 4. The minimum Gasteiger partial charge on any atom is -0.481 e. The van der Waals surface area contributed by atoms with Crippen LogP contribution in [0, 0.1) is 23.7 Å². The van der Waals surface area contributed by atoms with Crippen molar-refractivity contribution >= 4 is 17.7 Å². The molecule has 1 fully saturated rings. The Labute approximate surface area is 116 Å². The molecule has 20 heavy (non-hydrogen) atoms. The lowest BCUT2D eigenvalue weighted by Gasteiger charge is -2.23. The summed E-state index contributed by atoms with van der Waals surface area (Å²) in [5, 5.41) is 16.3. The predicted molar refractivity (Wildman–Crippen MR) is 71.9 cm³/mol. The van der Waals surface area contributed by atoms with Crippen LogP contribution < -0.4 is 5.32 Å². The Morgan fingerprint density at radius 2 is 2.10 bits per heavy atom. The zero-order valence-electron chi connectivity index (χ0n) is 11.2. The maximum Gasteiger partial charge on any atom is 0.307 e. The molecule has 0 spiro atoms. The number of carboxylic acid groups (broad SMARTS) is 1. The highest BCUT2D eigenvalue weighted by atomic mass is 16.4. The van der Waals surface area contributed by atoms with E-state index in [4.69, 9.17) is 0 Å². The van der Waals surface area contributed by atoms with Gasteiger partial charge in [-0.2, -0.15) is 5.10 Å². The highest BCUT2D eigenvalue weighted by Crippen LogP contribution is 2.48. The van der Waals surface area contributed by atoms with Gasteiger partial charge in [0, 0.05) is 18.8 Å². The normalized spacial score (nSPS) is 30.6. The number of anilines is 1. The molecular weight excluding hydrogens is 258 g/mol. The van der Waals surface area contributed by atoms with Crippen molar-refractivity contribution in [2.24, 2.45) is 23.7 Å². The summed E-state index contributed by atoms with van der Waals surface area (Å²) in [4.78, 5) is 23.7. The van der Waals surface area contributed by atoms with Crippen LogP contribution >= 0.6 is 0 Å². The summed E-state index contributed by atoms with van der Waals surface area (Å²) in [6.07, 6.45) is 6.45. The Morgan fingerprint density at radius 3 is 2.70 bits per heavy atom. The van der Waals surface area contributed by atoms with Crippen LogP contribution in [0.5, 0.6) is 0 Å². The SMILES string of the molecule is CCn1ccc(NC(=O)[C@@H]2[C@H](C(=O)O)[C@H]3C=C[C@H]2C3)n1. The fraction of sp³-hybridized carbons (Fsp3) is 0.500. The van der Waals surface area contributed by atoms with Gasteiger partial charge >= 0.3 is 5.97 Å². The van der Waals surface area contributed by atoms with Gasteiger partial charge in [0.15, 0.2) is 5.82 Å². The van der Waals surface area contributed by atoms with E-state index in [2.05, 4.69) is 10.4 Å². The molecule has 0 radical (unpaired) electrons. The summed E-state index contributed by atoms with van der Waals surface area (Å²) >= 11 is 0. The van der Waals surface area contributed by atoms with Crippen molar-refractivity contribution in [1.29, 1.82) is 0 Å². The number of hydrogen-bond donors (Lipinski definition) is 2. The van der Waals surface area contributed by atoms with E-state index in [0.717, 1.165) is 13.0 Å². The van der Waals surface area contributed by atoms with Gasteiger partial charge < -0.3 is 10.4 Å². The molecule has 0 saturated heterocycles. The standard InChI is InChI=1S/C14H17N3O3/c1-2-17-6-5-10(16-17)15-13(18)11-8-3-4-9(7-8)12(11)14(19)20/h3-6,8-9,11-12H,2,7H2,1H3,(H,19,20)(H,15,16,18)/t8-,9-,11-,12+/m0/s1. The molecule has 106 valence electrons. The van der Waals surface area contributed by atoms with Gasteiger partial charge in [0.25, 0.3) is 0 Å². The number of fused-ring (bicyclic) bond motifs is 2. The third-order valence-electron chi connectivity index (χ3n) is 4.26. The smallest absolute Gasteiger partial charge is 0.307 e. The van der Waals surface area contributed by atoms with Crippen molar-refractivity contribution in [2.45, 2.75) is 19.9 Å². The lowest BCUT2D eigenvalue weighted by Crippen LogP contribution is -2.36. The minimum atomic E-state index is -0.888. The fourth-order valence-corrected chi connectivity index (χ4v) is 3.33. The Morgan fingerprint density at radius 1 is 1.40 bits per heavy atom. The lowest BCUT2D eigenvalue weighted by atomic mass is 9.82. The van der Waals surface area contributed by atoms with E-state index in [1.807, 2.05) is 19.1 Å². The molecule has 6 nitrogen and oxygen atoms in total. The van der Waals surface area contributed by atoms with Crippen LogP contribution in [0.15, 0.2) is 24.4 Å². The highest BCUT2D eigenvalue weighted by molar-refractivity contribution is 5.95. The second-order valence-electron chi connectivity index (χ2n) is 5.38. The molecule has 1 heterocycles. The van der Waals surface area contributed by atoms with E-state index in [9.17, 15) is 14.7 Å². The van der Waals surface area contributed by atoms with E-state index in [0.29, 0.717) is 5.82 Å². The molecule has 3 rings (SSSR count). The number of amides is 1. The number of carbonyl (C=O) groups is 2. The van der Waals surface area contributed by atoms with Crippen molar-refractivity contribution < 1.29 is 14.7 Å². The number of carbonyl (C=O) groups excluding carboxylic acids is 1. The van der Waals surface area contributed by atoms with Crippen LogP contribution in [0.4, 0.5) is 5.82 Å². The van der Waals surface area contributed by atoms with Crippen molar-refractivity contribution in [2.75, 3.05) is 5.32 Å². The topological polar surface area (TPSA) is 84.2 Å². The quantitative estimate of drug-likeness (QED) is 0.813. The van der Waals surface area contributed by atoms with Crippen LogP contribution in [0.1, 0.15) is 13.3 Å². The molecule has 0 aliphatic heterocycles. The third kappa shape index (κ3) is 2.01. The van der Waals surface area contributed by atoms with Crippen molar-refractivity contribution in [3.63, 3.8) is 0 Å². The first-order valence-corrected chi connectivity index (χ1v) is 6.85. The number of aromatic nitrogens is 2. The second kappa shape index (κ2) is 4.77. The van der Waals surface area contributed by atoms with Crippen molar-refractivity contribution in [3.05, 3.63) is 24.4 Å². The second-order valence-corrected chi connectivity index (χ2v) is 5.38. The van der Waals surface area contributed by atoms with Gasteiger partial charge in [0.05, 0.1) is 11.8 Å². The number of aliphatic carboxylic acids is 1. The van der Waals surface area contributed by atoms with Gasteiger partial charge in [-0.1, -0.05) is 12.2 Å². The van der Waals surface area contributed by atoms with Gasteiger partial charge in [0.1, 0.15) is 0 Å². The molecule has 1 saturated carbocycles. The van der Waals surface area contributed by atoms with Gasteiger partial charge in [-0.25, -0.2) is 0 Å². The molecule has 2 aliphatic rings. The number of nitrogens with zero attached hydrogens (tertiary/aromatic N) is 2. The van der Waals surface area contributed by atoms with E-state index < -0.39 is 17.8 Å². The summed E-state index contributed by atoms with van der Waals surface area (Å²) in [6, 6.07) is 1.72. The van der Waals surface area contributed by atoms with Crippen LogP contribution in [-0.2, 0) is 16.1 Å². The molecule has 2 N–H and O–H groups in total. The summed E-state index contributed by atoms with van der Waals surface area (Å²) in [6.45, 7) is 2.68. The van der Waals surface area contributed by atoms with E-state index in [1.54, 1.807) is 16.9 Å². The summed E-state index contributed by atoms with van der Waals surface area (Å²) < 4.78 is 1.71. The van der Waals surface area contributed by atoms with Gasteiger partial charge in [-0.3, -0.25) is 14.3 Å². The van der Waals surface area contributed by atoms with Crippen LogP contribution in [0.3, 0.4) is 0 Å². The van der Waals surface area contributed by atoms with Crippen LogP contribution in [-0.4, -0.2) is 26.8 Å². The number of aryl methyl sites for hydroxylation is 1. The van der Waals surface area contributed by atoms with Gasteiger partial charge in [-0.05, 0) is 25.2 Å². The van der Waals surface area contributed by atoms with Gasteiger partial charge in [0.2, 0.25) is 5.91 Å². The molecule has 2 aliphatic carbocycles. The third-order valence-corrected chi connectivity index (χ3v) is 4.26. The molecular formula is C14H17N3O3. The largest absolute Gasteiger partial charge is 0.481 e. The van der Waals surface area contributed by atoms with Crippen LogP contribution in [0.25, 0.3) is 0 Å². The predicted octanol–water partition coefficient (Wildman–Crippen LogP) is 1.36. The van der Waals surface area contributed by atoms with E-state index in [1.165, 1.54) is 0 Å². The average Bonchev–Trinajstić information content (AvgIpc) is 3.12. The molecule has 0 aromatic carbocycles. The zero-order valence-corrected chi connectivity index (χ0v) is 11.2. The molecule has 1 aromatic heterocycles. The fourth-order valence-electron chi connectivity index (χ4n) is 3.33. The van der Waals surface area contributed by atoms with Gasteiger partial charge in [-0.15, -0.1) is 0 Å². The lowest BCUT2D eigenvalue weighted by molar-refractivity contribution is -0.146. The maximum atomic E-state index is 12.4. The molecule has 1 amide bonds. The molecule has 2 bridgehead atoms. The van der Waals surface area contributed by atoms with Crippen molar-refractivity contribution in [1.82, 2.24) is 9.78 Å². The highest BCUT2D eigenvalue weighted by Gasteiger charge is 2.51. The Bertz CT molecular complexity index is 578. The zero-order chi connectivity index (χ0) is 14.3. The maximum absolute atomic E-state index is 12.4. The molecule has 0 unspecified atom stereocenters. The Kier molecular flexibility index (Phi) is 3.08. The first-order valence-electron chi connectivity index (χ1n) is 6.85. The summed E-state index contributed by atoms with van der Waals surface area (Å²) in [5.41, 5.74) is 0.